The number of nitrogen functional groups attached to an aromatic ring is 1. The fourth-order valence-electron chi connectivity index (χ4n) is 1.90. The van der Waals surface area contributed by atoms with E-state index in [9.17, 15) is 4.79 Å². The zero-order chi connectivity index (χ0) is 14.5. The molecular formula is C14H18N4O2. The molecular weight excluding hydrogens is 256 g/mol. The van der Waals surface area contributed by atoms with Crippen LogP contribution in [0.15, 0.2) is 30.6 Å². The second-order valence-corrected chi connectivity index (χ2v) is 4.42. The minimum Gasteiger partial charge on any atom is -0.494 e. The van der Waals surface area contributed by atoms with Gasteiger partial charge < -0.3 is 20.4 Å². The van der Waals surface area contributed by atoms with Crippen LogP contribution in [0.2, 0.25) is 0 Å². The highest BCUT2D eigenvalue weighted by Gasteiger charge is 2.14. The van der Waals surface area contributed by atoms with Crippen molar-refractivity contribution in [3.63, 3.8) is 0 Å². The summed E-state index contributed by atoms with van der Waals surface area (Å²) in [5, 5.41) is 0. The summed E-state index contributed by atoms with van der Waals surface area (Å²) in [5.41, 5.74) is 6.80. The van der Waals surface area contributed by atoms with Crippen molar-refractivity contribution in [2.75, 3.05) is 19.4 Å². The number of nitrogens with zero attached hydrogens (tertiary/aromatic N) is 2. The van der Waals surface area contributed by atoms with Crippen molar-refractivity contribution in [2.45, 2.75) is 13.5 Å². The highest BCUT2D eigenvalue weighted by Crippen LogP contribution is 2.20. The molecule has 3 N–H and O–H groups in total. The quantitative estimate of drug-likeness (QED) is 0.812. The van der Waals surface area contributed by atoms with E-state index < -0.39 is 0 Å². The van der Waals surface area contributed by atoms with Gasteiger partial charge in [-0.05, 0) is 19.1 Å². The summed E-state index contributed by atoms with van der Waals surface area (Å²) in [7, 11) is 1.72. The molecule has 0 atom stereocenters. The Balaban J connectivity index is 2.15. The smallest absolute Gasteiger partial charge is 0.254 e. The van der Waals surface area contributed by atoms with Crippen LogP contribution in [0.3, 0.4) is 0 Å². The van der Waals surface area contributed by atoms with Gasteiger partial charge in [-0.1, -0.05) is 0 Å². The van der Waals surface area contributed by atoms with Crippen LogP contribution < -0.4 is 10.5 Å². The van der Waals surface area contributed by atoms with Gasteiger partial charge in [0.05, 0.1) is 13.2 Å². The highest BCUT2D eigenvalue weighted by atomic mass is 16.5. The van der Waals surface area contributed by atoms with Crippen molar-refractivity contribution in [3.8, 4) is 5.75 Å². The topological polar surface area (TPSA) is 84.2 Å². The number of nitrogens with two attached hydrogens (primary N) is 1. The predicted molar refractivity (Wildman–Crippen MR) is 76.4 cm³/mol. The predicted octanol–water partition coefficient (Wildman–Crippen LogP) is 1.66. The van der Waals surface area contributed by atoms with Gasteiger partial charge in [-0.15, -0.1) is 0 Å². The SMILES string of the molecule is CCOc1cc(N)cc(C(=O)N(C)Cc2ncc[nH]2)c1. The van der Waals surface area contributed by atoms with E-state index in [0.717, 1.165) is 5.82 Å². The van der Waals surface area contributed by atoms with Gasteiger partial charge in [0, 0.05) is 36.8 Å². The summed E-state index contributed by atoms with van der Waals surface area (Å²) in [6, 6.07) is 5.04. The van der Waals surface area contributed by atoms with E-state index in [4.69, 9.17) is 10.5 Å². The third kappa shape index (κ3) is 3.28. The number of amides is 1. The maximum Gasteiger partial charge on any atom is 0.254 e. The fourth-order valence-corrected chi connectivity index (χ4v) is 1.90. The first-order valence-corrected chi connectivity index (χ1v) is 6.37. The molecule has 106 valence electrons. The van der Waals surface area contributed by atoms with E-state index in [-0.39, 0.29) is 5.91 Å². The second-order valence-electron chi connectivity index (χ2n) is 4.42. The van der Waals surface area contributed by atoms with Gasteiger partial charge in [-0.3, -0.25) is 4.79 Å². The zero-order valence-corrected chi connectivity index (χ0v) is 11.6. The number of benzene rings is 1. The lowest BCUT2D eigenvalue weighted by Gasteiger charge is -2.16. The van der Waals surface area contributed by atoms with Crippen LogP contribution in [0.5, 0.6) is 5.75 Å². The molecule has 0 fully saturated rings. The van der Waals surface area contributed by atoms with Gasteiger partial charge in [0.25, 0.3) is 5.91 Å². The summed E-state index contributed by atoms with van der Waals surface area (Å²) >= 11 is 0. The van der Waals surface area contributed by atoms with E-state index in [1.54, 1.807) is 42.5 Å². The molecule has 1 amide bonds. The Morgan fingerprint density at radius 1 is 1.45 bits per heavy atom. The Morgan fingerprint density at radius 3 is 2.90 bits per heavy atom. The van der Waals surface area contributed by atoms with Gasteiger partial charge in [0.1, 0.15) is 11.6 Å². The standard InChI is InChI=1S/C14H18N4O2/c1-3-20-12-7-10(6-11(15)8-12)14(19)18(2)9-13-16-4-5-17-13/h4-8H,3,9,15H2,1-2H3,(H,16,17). The first kappa shape index (κ1) is 13.9. The van der Waals surface area contributed by atoms with E-state index in [2.05, 4.69) is 9.97 Å². The van der Waals surface area contributed by atoms with Crippen LogP contribution in [0, 0.1) is 0 Å². The molecule has 0 bridgehead atoms. The van der Waals surface area contributed by atoms with Crippen LogP contribution >= 0.6 is 0 Å². The molecule has 1 aromatic heterocycles. The molecule has 2 aromatic rings. The number of imidazole rings is 1. The monoisotopic (exact) mass is 274 g/mol. The van der Waals surface area contributed by atoms with Gasteiger partial charge in [0.15, 0.2) is 0 Å². The Bertz CT molecular complexity index is 581. The molecule has 0 radical (unpaired) electrons. The first-order chi connectivity index (χ1) is 9.60. The number of nitrogens with one attached hydrogen (secondary N) is 1. The molecule has 20 heavy (non-hydrogen) atoms. The van der Waals surface area contributed by atoms with Crippen molar-refractivity contribution in [3.05, 3.63) is 42.0 Å². The molecule has 6 heteroatoms. The van der Waals surface area contributed by atoms with E-state index >= 15 is 0 Å². The summed E-state index contributed by atoms with van der Waals surface area (Å²) in [5.74, 6) is 1.20. The number of aromatic amines is 1. The largest absolute Gasteiger partial charge is 0.494 e. The Kier molecular flexibility index (Phi) is 4.24. The van der Waals surface area contributed by atoms with E-state index in [1.807, 2.05) is 6.92 Å². The number of ether oxygens (including phenoxy) is 1. The molecule has 1 heterocycles. The van der Waals surface area contributed by atoms with Crippen molar-refractivity contribution in [2.24, 2.45) is 0 Å². The van der Waals surface area contributed by atoms with Crippen LogP contribution in [-0.4, -0.2) is 34.4 Å². The molecule has 6 nitrogen and oxygen atoms in total. The number of H-pyrrole nitrogens is 1. The van der Waals surface area contributed by atoms with Gasteiger partial charge >= 0.3 is 0 Å². The number of aromatic nitrogens is 2. The van der Waals surface area contributed by atoms with Gasteiger partial charge in [-0.2, -0.15) is 0 Å². The average molecular weight is 274 g/mol. The van der Waals surface area contributed by atoms with Crippen LogP contribution in [0.1, 0.15) is 23.1 Å². The highest BCUT2D eigenvalue weighted by molar-refractivity contribution is 5.95. The summed E-state index contributed by atoms with van der Waals surface area (Å²) in [6.45, 7) is 2.82. The minimum absolute atomic E-state index is 0.130. The Morgan fingerprint density at radius 2 is 2.25 bits per heavy atom. The number of hydrogen-bond donors (Lipinski definition) is 2. The third-order valence-corrected chi connectivity index (χ3v) is 2.78. The van der Waals surface area contributed by atoms with Crippen LogP contribution in [-0.2, 0) is 6.54 Å². The number of rotatable bonds is 5. The van der Waals surface area contributed by atoms with Crippen LogP contribution in [0.25, 0.3) is 0 Å². The molecule has 0 saturated heterocycles. The van der Waals surface area contributed by atoms with Gasteiger partial charge in [0.2, 0.25) is 0 Å². The van der Waals surface area contributed by atoms with Crippen molar-refractivity contribution >= 4 is 11.6 Å². The first-order valence-electron chi connectivity index (χ1n) is 6.37. The lowest BCUT2D eigenvalue weighted by molar-refractivity contribution is 0.0781. The lowest BCUT2D eigenvalue weighted by Crippen LogP contribution is -2.26. The molecule has 2 rings (SSSR count). The molecule has 0 unspecified atom stereocenters. The third-order valence-electron chi connectivity index (χ3n) is 2.78. The van der Waals surface area contributed by atoms with Crippen LogP contribution in [0.4, 0.5) is 5.69 Å². The van der Waals surface area contributed by atoms with E-state index in [1.165, 1.54) is 0 Å². The molecule has 0 saturated carbocycles. The average Bonchev–Trinajstić information content (AvgIpc) is 2.90. The van der Waals surface area contributed by atoms with Crippen molar-refractivity contribution < 1.29 is 9.53 Å². The summed E-state index contributed by atoms with van der Waals surface area (Å²) < 4.78 is 5.39. The maximum absolute atomic E-state index is 12.4. The lowest BCUT2D eigenvalue weighted by atomic mass is 10.1. The van der Waals surface area contributed by atoms with Gasteiger partial charge in [-0.25, -0.2) is 4.98 Å². The summed E-state index contributed by atoms with van der Waals surface area (Å²) in [4.78, 5) is 21.0. The maximum atomic E-state index is 12.4. The minimum atomic E-state index is -0.130. The second kappa shape index (κ2) is 6.10. The number of hydrogen-bond acceptors (Lipinski definition) is 4. The molecule has 0 aliphatic carbocycles. The summed E-state index contributed by atoms with van der Waals surface area (Å²) in [6.07, 6.45) is 3.38. The van der Waals surface area contributed by atoms with Crippen molar-refractivity contribution in [1.82, 2.24) is 14.9 Å². The molecule has 0 spiro atoms. The molecule has 0 aliphatic rings. The molecule has 0 aliphatic heterocycles. The zero-order valence-electron chi connectivity index (χ0n) is 11.6. The Labute approximate surface area is 117 Å². The number of anilines is 1. The fraction of sp³-hybridized carbons (Fsp3) is 0.286. The normalized spacial score (nSPS) is 10.3. The number of carbonyl (C=O) groups is 1. The Hall–Kier alpha value is -2.50. The van der Waals surface area contributed by atoms with E-state index in [0.29, 0.717) is 30.2 Å². The molecule has 1 aromatic carbocycles. The van der Waals surface area contributed by atoms with Crippen molar-refractivity contribution in [1.29, 1.82) is 0 Å². The number of carbonyl (C=O) groups excluding carboxylic acids is 1.